The minimum absolute atomic E-state index is 0.235. The Morgan fingerprint density at radius 3 is 2.38 bits per heavy atom. The van der Waals surface area contributed by atoms with Gasteiger partial charge >= 0.3 is 0 Å². The maximum atomic E-state index is 12.5. The van der Waals surface area contributed by atoms with E-state index >= 15 is 0 Å². The van der Waals surface area contributed by atoms with Crippen molar-refractivity contribution >= 4 is 33.2 Å². The lowest BCUT2D eigenvalue weighted by Crippen LogP contribution is -2.15. The predicted molar refractivity (Wildman–Crippen MR) is 89.3 cm³/mol. The lowest BCUT2D eigenvalue weighted by molar-refractivity contribution is 0.600. The standard InChI is InChI=1S/C15H18N2O2S2/c1-3-11-4-5-12(16)10-15(11)21(18,19)17-13-6-8-14(20-2)9-7-13/h4-10,17H,3,16H2,1-2H3. The molecule has 0 aliphatic carbocycles. The largest absolute Gasteiger partial charge is 0.399 e. The highest BCUT2D eigenvalue weighted by Crippen LogP contribution is 2.24. The van der Waals surface area contributed by atoms with Crippen LogP contribution in [0.15, 0.2) is 52.3 Å². The molecule has 3 N–H and O–H groups in total. The van der Waals surface area contributed by atoms with Crippen molar-refractivity contribution < 1.29 is 8.42 Å². The van der Waals surface area contributed by atoms with Crippen LogP contribution in [0, 0.1) is 0 Å². The summed E-state index contributed by atoms with van der Waals surface area (Å²) in [6, 6.07) is 12.2. The molecule has 0 radical (unpaired) electrons. The number of nitrogen functional groups attached to an aromatic ring is 1. The monoisotopic (exact) mass is 322 g/mol. The van der Waals surface area contributed by atoms with E-state index in [1.165, 1.54) is 6.07 Å². The summed E-state index contributed by atoms with van der Waals surface area (Å²) in [5.41, 5.74) is 7.44. The van der Waals surface area contributed by atoms with Gasteiger partial charge < -0.3 is 5.73 Å². The number of rotatable bonds is 5. The molecule has 4 nitrogen and oxygen atoms in total. The number of thioether (sulfide) groups is 1. The zero-order chi connectivity index (χ0) is 15.5. The third-order valence-electron chi connectivity index (χ3n) is 3.10. The van der Waals surface area contributed by atoms with Crippen LogP contribution < -0.4 is 10.5 Å². The second kappa shape index (κ2) is 6.41. The number of nitrogens with one attached hydrogen (secondary N) is 1. The summed E-state index contributed by atoms with van der Waals surface area (Å²) in [5, 5.41) is 0. The first kappa shape index (κ1) is 15.7. The van der Waals surface area contributed by atoms with E-state index in [2.05, 4.69) is 4.72 Å². The average molecular weight is 322 g/mol. The van der Waals surface area contributed by atoms with E-state index in [9.17, 15) is 8.42 Å². The Bertz CT molecular complexity index is 726. The molecule has 0 amide bonds. The maximum absolute atomic E-state index is 12.5. The smallest absolute Gasteiger partial charge is 0.262 e. The Hall–Kier alpha value is -1.66. The van der Waals surface area contributed by atoms with Crippen LogP contribution in [0.1, 0.15) is 12.5 Å². The summed E-state index contributed by atoms with van der Waals surface area (Å²) >= 11 is 1.61. The third kappa shape index (κ3) is 3.71. The van der Waals surface area contributed by atoms with Crippen LogP contribution in [0.25, 0.3) is 0 Å². The Balaban J connectivity index is 2.35. The van der Waals surface area contributed by atoms with Gasteiger partial charge in [-0.25, -0.2) is 8.42 Å². The lowest BCUT2D eigenvalue weighted by Gasteiger charge is -2.12. The quantitative estimate of drug-likeness (QED) is 0.654. The number of benzene rings is 2. The normalized spacial score (nSPS) is 11.3. The highest BCUT2D eigenvalue weighted by molar-refractivity contribution is 7.98. The molecule has 0 aliphatic rings. The molecule has 0 aliphatic heterocycles. The van der Waals surface area contributed by atoms with Crippen LogP contribution in [0.5, 0.6) is 0 Å². The van der Waals surface area contributed by atoms with Gasteiger partial charge in [-0.15, -0.1) is 11.8 Å². The molecule has 0 bridgehead atoms. The van der Waals surface area contributed by atoms with Crippen LogP contribution in [-0.4, -0.2) is 14.7 Å². The highest BCUT2D eigenvalue weighted by Gasteiger charge is 2.18. The van der Waals surface area contributed by atoms with E-state index in [1.807, 2.05) is 25.3 Å². The van der Waals surface area contributed by atoms with E-state index < -0.39 is 10.0 Å². The number of nitrogens with two attached hydrogens (primary N) is 1. The fourth-order valence-electron chi connectivity index (χ4n) is 1.98. The minimum Gasteiger partial charge on any atom is -0.399 e. The Labute approximate surface area is 129 Å². The summed E-state index contributed by atoms with van der Waals surface area (Å²) in [5.74, 6) is 0. The van der Waals surface area contributed by atoms with Crippen LogP contribution in [0.3, 0.4) is 0 Å². The molecule has 6 heteroatoms. The molecule has 0 unspecified atom stereocenters. The van der Waals surface area contributed by atoms with Crippen molar-refractivity contribution in [1.29, 1.82) is 0 Å². The van der Waals surface area contributed by atoms with Gasteiger partial charge in [0.2, 0.25) is 0 Å². The first-order valence-electron chi connectivity index (χ1n) is 6.51. The maximum Gasteiger partial charge on any atom is 0.262 e. The summed E-state index contributed by atoms with van der Waals surface area (Å²) in [6.07, 6.45) is 2.60. The topological polar surface area (TPSA) is 72.2 Å². The van der Waals surface area contributed by atoms with Crippen molar-refractivity contribution in [1.82, 2.24) is 0 Å². The van der Waals surface area contributed by atoms with E-state index in [4.69, 9.17) is 5.73 Å². The molecule has 21 heavy (non-hydrogen) atoms. The first-order chi connectivity index (χ1) is 9.96. The first-order valence-corrected chi connectivity index (χ1v) is 9.22. The number of aryl methyl sites for hydroxylation is 1. The van der Waals surface area contributed by atoms with Gasteiger partial charge in [0.25, 0.3) is 10.0 Å². The van der Waals surface area contributed by atoms with E-state index in [0.29, 0.717) is 17.8 Å². The summed E-state index contributed by atoms with van der Waals surface area (Å²) in [4.78, 5) is 1.31. The summed E-state index contributed by atoms with van der Waals surface area (Å²) in [7, 11) is -3.63. The fourth-order valence-corrected chi connectivity index (χ4v) is 3.80. The van der Waals surface area contributed by atoms with Gasteiger partial charge in [-0.1, -0.05) is 13.0 Å². The van der Waals surface area contributed by atoms with Crippen molar-refractivity contribution in [3.05, 3.63) is 48.0 Å². The van der Waals surface area contributed by atoms with Crippen LogP contribution in [-0.2, 0) is 16.4 Å². The van der Waals surface area contributed by atoms with Crippen LogP contribution >= 0.6 is 11.8 Å². The fraction of sp³-hybridized carbons (Fsp3) is 0.200. The van der Waals surface area contributed by atoms with Crippen molar-refractivity contribution in [2.75, 3.05) is 16.7 Å². The van der Waals surface area contributed by atoms with Gasteiger partial charge in [0.15, 0.2) is 0 Å². The van der Waals surface area contributed by atoms with Gasteiger partial charge in [-0.2, -0.15) is 0 Å². The molecule has 0 atom stereocenters. The number of hydrogen-bond donors (Lipinski definition) is 2. The number of sulfonamides is 1. The second-order valence-electron chi connectivity index (χ2n) is 4.55. The molecule has 2 aromatic rings. The molecule has 0 spiro atoms. The van der Waals surface area contributed by atoms with E-state index in [1.54, 1.807) is 36.0 Å². The molecule has 0 saturated carbocycles. The van der Waals surface area contributed by atoms with Gasteiger partial charge in [-0.3, -0.25) is 4.72 Å². The highest BCUT2D eigenvalue weighted by atomic mass is 32.2. The molecule has 2 rings (SSSR count). The van der Waals surface area contributed by atoms with Gasteiger partial charge in [0.05, 0.1) is 4.90 Å². The minimum atomic E-state index is -3.63. The van der Waals surface area contributed by atoms with Crippen molar-refractivity contribution in [3.63, 3.8) is 0 Å². The molecule has 0 saturated heterocycles. The Morgan fingerprint density at radius 2 is 1.81 bits per heavy atom. The number of hydrogen-bond acceptors (Lipinski definition) is 4. The van der Waals surface area contributed by atoms with Gasteiger partial charge in [-0.05, 0) is 54.6 Å². The van der Waals surface area contributed by atoms with Crippen molar-refractivity contribution in [3.8, 4) is 0 Å². The second-order valence-corrected chi connectivity index (χ2v) is 7.09. The molecular weight excluding hydrogens is 304 g/mol. The Kier molecular flexibility index (Phi) is 4.80. The zero-order valence-electron chi connectivity index (χ0n) is 12.0. The third-order valence-corrected chi connectivity index (χ3v) is 5.31. The zero-order valence-corrected chi connectivity index (χ0v) is 13.6. The average Bonchev–Trinajstić information content (AvgIpc) is 2.47. The van der Waals surface area contributed by atoms with Gasteiger partial charge in [0, 0.05) is 16.3 Å². The SMILES string of the molecule is CCc1ccc(N)cc1S(=O)(=O)Nc1ccc(SC)cc1. The summed E-state index contributed by atoms with van der Waals surface area (Å²) < 4.78 is 27.6. The molecule has 0 aromatic heterocycles. The van der Waals surface area contributed by atoms with Crippen LogP contribution in [0.2, 0.25) is 0 Å². The van der Waals surface area contributed by atoms with Crippen molar-refractivity contribution in [2.24, 2.45) is 0 Å². The van der Waals surface area contributed by atoms with E-state index in [-0.39, 0.29) is 4.90 Å². The molecular formula is C15H18N2O2S2. The molecule has 2 aromatic carbocycles. The van der Waals surface area contributed by atoms with Crippen molar-refractivity contribution in [2.45, 2.75) is 23.1 Å². The lowest BCUT2D eigenvalue weighted by atomic mass is 10.1. The predicted octanol–water partition coefficient (Wildman–Crippen LogP) is 3.35. The number of anilines is 2. The summed E-state index contributed by atoms with van der Waals surface area (Å²) in [6.45, 7) is 1.91. The Morgan fingerprint density at radius 1 is 1.14 bits per heavy atom. The van der Waals surface area contributed by atoms with Crippen LogP contribution in [0.4, 0.5) is 11.4 Å². The van der Waals surface area contributed by atoms with E-state index in [0.717, 1.165) is 10.5 Å². The van der Waals surface area contributed by atoms with Gasteiger partial charge in [0.1, 0.15) is 0 Å². The molecule has 0 fully saturated rings. The molecule has 0 heterocycles. The molecule has 112 valence electrons.